The molecule has 2 N–H and O–H groups in total. The lowest BCUT2D eigenvalue weighted by Gasteiger charge is -2.29. The van der Waals surface area contributed by atoms with Gasteiger partial charge in [0.15, 0.2) is 0 Å². The monoisotopic (exact) mass is 503 g/mol. The number of nitrogens with one attached hydrogen (secondary N) is 2. The number of fused-ring (bicyclic) bond motifs is 1. The van der Waals surface area contributed by atoms with Crippen LogP contribution in [-0.4, -0.2) is 52.7 Å². The number of carbonyl (C=O) groups excluding carboxylic acids is 1. The molecule has 0 radical (unpaired) electrons. The minimum absolute atomic E-state index is 0.245. The van der Waals surface area contributed by atoms with Crippen molar-refractivity contribution >= 4 is 34.6 Å². The highest BCUT2D eigenvalue weighted by Crippen LogP contribution is 2.26. The van der Waals surface area contributed by atoms with Crippen LogP contribution in [0.1, 0.15) is 24.1 Å². The van der Waals surface area contributed by atoms with Crippen LogP contribution in [0, 0.1) is 11.8 Å². The molecule has 2 aromatic heterocycles. The Morgan fingerprint density at radius 3 is 2.66 bits per heavy atom. The molecule has 0 bridgehead atoms. The van der Waals surface area contributed by atoms with Crippen LogP contribution in [0.4, 0.5) is 18.9 Å². The third kappa shape index (κ3) is 6.90. The van der Waals surface area contributed by atoms with Crippen molar-refractivity contribution in [1.82, 2.24) is 19.8 Å². The number of alkyl halides is 3. The van der Waals surface area contributed by atoms with E-state index in [9.17, 15) is 18.0 Å². The average Bonchev–Trinajstić information content (AvgIpc) is 3.17. The molecular formula is C25H25ClF3N5O. The lowest BCUT2D eigenvalue weighted by atomic mass is 10.0. The van der Waals surface area contributed by atoms with E-state index in [1.807, 2.05) is 12.1 Å². The summed E-state index contributed by atoms with van der Waals surface area (Å²) >= 11 is 5.76. The van der Waals surface area contributed by atoms with Crippen molar-refractivity contribution in [2.24, 2.45) is 0 Å². The van der Waals surface area contributed by atoms with Crippen LogP contribution in [0.15, 0.2) is 42.6 Å². The zero-order valence-corrected chi connectivity index (χ0v) is 19.7. The molecular weight excluding hydrogens is 479 g/mol. The number of benzene rings is 1. The largest absolute Gasteiger partial charge is 0.406 e. The number of amides is 1. The molecule has 1 fully saturated rings. The van der Waals surface area contributed by atoms with Crippen molar-refractivity contribution in [1.29, 1.82) is 0 Å². The minimum atomic E-state index is -4.37. The first-order valence-electron chi connectivity index (χ1n) is 11.3. The number of hydrogen-bond acceptors (Lipinski definition) is 4. The molecule has 0 aliphatic carbocycles. The van der Waals surface area contributed by atoms with E-state index < -0.39 is 12.7 Å². The lowest BCUT2D eigenvalue weighted by Crippen LogP contribution is -2.41. The highest BCUT2D eigenvalue weighted by atomic mass is 35.5. The fourth-order valence-corrected chi connectivity index (χ4v) is 4.23. The molecule has 1 saturated heterocycles. The first-order valence-corrected chi connectivity index (χ1v) is 11.6. The normalized spacial score (nSPS) is 14.6. The SMILES string of the molecule is O=CN1CCC(NCc2ccc3c(c2)cc(C#CCNc2ccc(Cl)nc2)n3CC(F)(F)F)CC1. The maximum atomic E-state index is 13.3. The van der Waals surface area contributed by atoms with Gasteiger partial charge in [-0.25, -0.2) is 4.98 Å². The van der Waals surface area contributed by atoms with Gasteiger partial charge >= 0.3 is 6.18 Å². The molecule has 1 amide bonds. The topological polar surface area (TPSA) is 62.2 Å². The second kappa shape index (κ2) is 11.0. The highest BCUT2D eigenvalue weighted by molar-refractivity contribution is 6.29. The molecule has 6 nitrogen and oxygen atoms in total. The molecule has 0 unspecified atom stereocenters. The maximum absolute atomic E-state index is 13.3. The van der Waals surface area contributed by atoms with Crippen molar-refractivity contribution in [2.45, 2.75) is 38.1 Å². The van der Waals surface area contributed by atoms with E-state index in [1.165, 1.54) is 4.57 Å². The van der Waals surface area contributed by atoms with Crippen molar-refractivity contribution < 1.29 is 18.0 Å². The molecule has 184 valence electrons. The number of anilines is 1. The Hall–Kier alpha value is -3.22. The number of aromatic nitrogens is 2. The number of likely N-dealkylation sites (tertiary alicyclic amines) is 1. The van der Waals surface area contributed by atoms with Crippen LogP contribution in [-0.2, 0) is 17.9 Å². The zero-order valence-electron chi connectivity index (χ0n) is 18.9. The van der Waals surface area contributed by atoms with Crippen molar-refractivity contribution in [3.8, 4) is 11.8 Å². The average molecular weight is 504 g/mol. The molecule has 35 heavy (non-hydrogen) atoms. The van der Waals surface area contributed by atoms with Crippen LogP contribution < -0.4 is 10.6 Å². The van der Waals surface area contributed by atoms with Gasteiger partial charge in [0.1, 0.15) is 11.7 Å². The summed E-state index contributed by atoms with van der Waals surface area (Å²) < 4.78 is 41.1. The van der Waals surface area contributed by atoms with E-state index in [0.717, 1.165) is 37.9 Å². The van der Waals surface area contributed by atoms with Gasteiger partial charge in [-0.1, -0.05) is 23.6 Å². The lowest BCUT2D eigenvalue weighted by molar-refractivity contribution is -0.140. The first-order chi connectivity index (χ1) is 16.8. The van der Waals surface area contributed by atoms with Crippen molar-refractivity contribution in [3.63, 3.8) is 0 Å². The van der Waals surface area contributed by atoms with Crippen LogP contribution in [0.2, 0.25) is 5.15 Å². The van der Waals surface area contributed by atoms with Gasteiger partial charge in [0.25, 0.3) is 0 Å². The van der Waals surface area contributed by atoms with Crippen LogP contribution in [0.3, 0.4) is 0 Å². The summed E-state index contributed by atoms with van der Waals surface area (Å²) in [6.45, 7) is 1.20. The van der Waals surface area contributed by atoms with Gasteiger partial charge in [-0.2, -0.15) is 13.2 Å². The van der Waals surface area contributed by atoms with Gasteiger partial charge in [-0.15, -0.1) is 0 Å². The number of carbonyl (C=O) groups is 1. The number of piperidine rings is 1. The zero-order chi connectivity index (χ0) is 24.8. The van der Waals surface area contributed by atoms with Gasteiger partial charge in [-0.05, 0) is 54.7 Å². The number of halogens is 4. The summed E-state index contributed by atoms with van der Waals surface area (Å²) in [5, 5.41) is 7.62. The van der Waals surface area contributed by atoms with Gasteiger partial charge in [0, 0.05) is 36.6 Å². The Morgan fingerprint density at radius 2 is 1.97 bits per heavy atom. The van der Waals surface area contributed by atoms with Gasteiger partial charge in [0.05, 0.1) is 24.1 Å². The summed E-state index contributed by atoms with van der Waals surface area (Å²) in [6.07, 6.45) is -0.176. The van der Waals surface area contributed by atoms with E-state index in [1.54, 1.807) is 35.4 Å². The van der Waals surface area contributed by atoms with E-state index in [2.05, 4.69) is 27.5 Å². The molecule has 0 spiro atoms. The molecule has 3 aromatic rings. The first kappa shape index (κ1) is 24.9. The Bertz CT molecular complexity index is 1220. The standard InChI is InChI=1S/C25H25ClF3N5O/c26-24-6-4-21(15-32-24)30-9-1-2-22-13-19-12-18(3-5-23(19)34(22)16-25(27,28)29)14-31-20-7-10-33(17-35)11-8-20/h3-6,12-13,15,17,20,30-31H,7-11,14,16H2. The predicted octanol–water partition coefficient (Wildman–Crippen LogP) is 4.43. The third-order valence-electron chi connectivity index (χ3n) is 5.90. The van der Waals surface area contributed by atoms with E-state index >= 15 is 0 Å². The third-order valence-corrected chi connectivity index (χ3v) is 6.12. The summed E-state index contributed by atoms with van der Waals surface area (Å²) in [5.41, 5.74) is 2.49. The quantitative estimate of drug-likeness (QED) is 0.284. The van der Waals surface area contributed by atoms with Crippen molar-refractivity contribution in [2.75, 3.05) is 25.0 Å². The maximum Gasteiger partial charge on any atom is 0.406 e. The second-order valence-electron chi connectivity index (χ2n) is 8.45. The summed E-state index contributed by atoms with van der Waals surface area (Å²) in [6, 6.07) is 10.9. The van der Waals surface area contributed by atoms with E-state index in [-0.39, 0.29) is 6.54 Å². The smallest absolute Gasteiger partial charge is 0.373 e. The molecule has 1 aliphatic rings. The highest BCUT2D eigenvalue weighted by Gasteiger charge is 2.29. The molecule has 1 aromatic carbocycles. The van der Waals surface area contributed by atoms with E-state index in [4.69, 9.17) is 11.6 Å². The molecule has 3 heterocycles. The number of rotatable bonds is 7. The summed E-state index contributed by atoms with van der Waals surface area (Å²) in [5.74, 6) is 5.77. The summed E-state index contributed by atoms with van der Waals surface area (Å²) in [7, 11) is 0. The Morgan fingerprint density at radius 1 is 1.17 bits per heavy atom. The Kier molecular flexibility index (Phi) is 7.83. The molecule has 1 aliphatic heterocycles. The minimum Gasteiger partial charge on any atom is -0.373 e. The second-order valence-corrected chi connectivity index (χ2v) is 8.83. The fraction of sp³-hybridized carbons (Fsp3) is 0.360. The van der Waals surface area contributed by atoms with Gasteiger partial charge in [-0.3, -0.25) is 4.79 Å². The molecule has 4 rings (SSSR count). The molecule has 10 heteroatoms. The van der Waals surface area contributed by atoms with E-state index in [0.29, 0.717) is 40.0 Å². The van der Waals surface area contributed by atoms with Gasteiger partial charge in [0.2, 0.25) is 6.41 Å². The predicted molar refractivity (Wildman–Crippen MR) is 130 cm³/mol. The number of nitrogens with zero attached hydrogens (tertiary/aromatic N) is 3. The number of pyridine rings is 1. The van der Waals surface area contributed by atoms with Crippen LogP contribution in [0.5, 0.6) is 0 Å². The Labute approximate surface area is 206 Å². The Balaban J connectivity index is 1.47. The fourth-order valence-electron chi connectivity index (χ4n) is 4.12. The van der Waals surface area contributed by atoms with Gasteiger partial charge < -0.3 is 20.1 Å². The molecule has 0 saturated carbocycles. The van der Waals surface area contributed by atoms with Crippen molar-refractivity contribution in [3.05, 3.63) is 59.0 Å². The van der Waals surface area contributed by atoms with Crippen LogP contribution in [0.25, 0.3) is 10.9 Å². The van der Waals surface area contributed by atoms with Crippen LogP contribution >= 0.6 is 11.6 Å². The number of hydrogen-bond donors (Lipinski definition) is 2. The molecule has 0 atom stereocenters. The summed E-state index contributed by atoms with van der Waals surface area (Å²) in [4.78, 5) is 16.6.